The fourth-order valence-electron chi connectivity index (χ4n) is 2.07. The van der Waals surface area contributed by atoms with Crippen molar-refractivity contribution in [1.29, 1.82) is 0 Å². The normalized spacial score (nSPS) is 11.3. The standard InChI is InChI=1S/C12H12ClN5S/c1-17-5-3-14-10(17)2-4-18-11-9(16-12(18)19)6-8(13)7-15-11/h3,5-7H,2,4H2,1H3,(H,16,19). The zero-order chi connectivity index (χ0) is 13.4. The molecule has 0 atom stereocenters. The molecule has 0 saturated carbocycles. The number of halogens is 1. The van der Waals surface area contributed by atoms with Crippen molar-refractivity contribution >= 4 is 35.0 Å². The second-order valence-corrected chi connectivity index (χ2v) is 5.13. The highest BCUT2D eigenvalue weighted by Crippen LogP contribution is 2.16. The quantitative estimate of drug-likeness (QED) is 0.756. The van der Waals surface area contributed by atoms with Crippen molar-refractivity contribution in [1.82, 2.24) is 24.1 Å². The van der Waals surface area contributed by atoms with Crippen molar-refractivity contribution in [3.8, 4) is 0 Å². The average Bonchev–Trinajstić information content (AvgIpc) is 2.90. The minimum absolute atomic E-state index is 0.597. The van der Waals surface area contributed by atoms with Crippen LogP contribution in [0.3, 0.4) is 0 Å². The van der Waals surface area contributed by atoms with E-state index in [2.05, 4.69) is 15.0 Å². The first-order chi connectivity index (χ1) is 9.15. The summed E-state index contributed by atoms with van der Waals surface area (Å²) in [5, 5.41) is 0.597. The third-order valence-electron chi connectivity index (χ3n) is 3.06. The first-order valence-electron chi connectivity index (χ1n) is 5.85. The summed E-state index contributed by atoms with van der Waals surface area (Å²) in [5.74, 6) is 1.02. The van der Waals surface area contributed by atoms with Gasteiger partial charge in [0, 0.05) is 38.6 Å². The first kappa shape index (κ1) is 12.4. The molecule has 3 aromatic rings. The number of nitrogens with one attached hydrogen (secondary N) is 1. The molecule has 19 heavy (non-hydrogen) atoms. The fraction of sp³-hybridized carbons (Fsp3) is 0.250. The topological polar surface area (TPSA) is 51.4 Å². The Balaban J connectivity index is 1.95. The van der Waals surface area contributed by atoms with Crippen LogP contribution in [0.2, 0.25) is 5.02 Å². The molecule has 1 N–H and O–H groups in total. The van der Waals surface area contributed by atoms with Crippen molar-refractivity contribution in [2.45, 2.75) is 13.0 Å². The van der Waals surface area contributed by atoms with Crippen LogP contribution in [0.4, 0.5) is 0 Å². The number of pyridine rings is 1. The largest absolute Gasteiger partial charge is 0.338 e. The minimum Gasteiger partial charge on any atom is -0.338 e. The number of H-pyrrole nitrogens is 1. The van der Waals surface area contributed by atoms with Gasteiger partial charge in [0.05, 0.1) is 10.5 Å². The lowest BCUT2D eigenvalue weighted by atomic mass is 10.4. The van der Waals surface area contributed by atoms with E-state index in [1.54, 1.807) is 12.4 Å². The summed E-state index contributed by atoms with van der Waals surface area (Å²) >= 11 is 11.2. The highest BCUT2D eigenvalue weighted by atomic mass is 35.5. The summed E-state index contributed by atoms with van der Waals surface area (Å²) < 4.78 is 4.62. The van der Waals surface area contributed by atoms with Gasteiger partial charge in [-0.15, -0.1) is 0 Å². The maximum absolute atomic E-state index is 5.92. The molecule has 3 aromatic heterocycles. The van der Waals surface area contributed by atoms with E-state index in [0.717, 1.165) is 30.0 Å². The Kier molecular flexibility index (Phi) is 3.12. The van der Waals surface area contributed by atoms with Gasteiger partial charge in [-0.05, 0) is 18.3 Å². The summed E-state index contributed by atoms with van der Waals surface area (Å²) in [7, 11) is 1.98. The van der Waals surface area contributed by atoms with Crippen molar-refractivity contribution < 1.29 is 0 Å². The maximum Gasteiger partial charge on any atom is 0.179 e. The van der Waals surface area contributed by atoms with E-state index in [1.807, 2.05) is 28.4 Å². The monoisotopic (exact) mass is 293 g/mol. The smallest absolute Gasteiger partial charge is 0.179 e. The van der Waals surface area contributed by atoms with Crippen molar-refractivity contribution in [3.05, 3.63) is 40.3 Å². The van der Waals surface area contributed by atoms with E-state index in [1.165, 1.54) is 0 Å². The van der Waals surface area contributed by atoms with Gasteiger partial charge in [0.2, 0.25) is 0 Å². The van der Waals surface area contributed by atoms with Crippen LogP contribution in [0.5, 0.6) is 0 Å². The van der Waals surface area contributed by atoms with Crippen molar-refractivity contribution in [2.75, 3.05) is 0 Å². The van der Waals surface area contributed by atoms with Crippen LogP contribution in [0.25, 0.3) is 11.2 Å². The van der Waals surface area contributed by atoms with Crippen LogP contribution >= 0.6 is 23.8 Å². The number of hydrogen-bond donors (Lipinski definition) is 1. The molecule has 0 amide bonds. The lowest BCUT2D eigenvalue weighted by Crippen LogP contribution is -2.06. The van der Waals surface area contributed by atoms with Gasteiger partial charge in [-0.3, -0.25) is 0 Å². The van der Waals surface area contributed by atoms with Crippen LogP contribution in [0.1, 0.15) is 5.82 Å². The summed E-state index contributed by atoms with van der Waals surface area (Å²) in [6.07, 6.45) is 6.16. The molecule has 98 valence electrons. The first-order valence-corrected chi connectivity index (χ1v) is 6.64. The number of aromatic amines is 1. The molecule has 3 rings (SSSR count). The molecule has 0 spiro atoms. The molecule has 0 aliphatic heterocycles. The number of fused-ring (bicyclic) bond motifs is 1. The Morgan fingerprint density at radius 3 is 3.00 bits per heavy atom. The third-order valence-corrected chi connectivity index (χ3v) is 3.58. The molecule has 5 nitrogen and oxygen atoms in total. The molecule has 0 aliphatic rings. The van der Waals surface area contributed by atoms with Crippen LogP contribution < -0.4 is 0 Å². The molecule has 0 aliphatic carbocycles. The summed E-state index contributed by atoms with van der Waals surface area (Å²) in [5.41, 5.74) is 1.68. The van der Waals surface area contributed by atoms with Gasteiger partial charge in [0.15, 0.2) is 10.4 Å². The third kappa shape index (κ3) is 2.29. The average molecular weight is 294 g/mol. The lowest BCUT2D eigenvalue weighted by Gasteiger charge is -2.04. The van der Waals surface area contributed by atoms with Gasteiger partial charge in [-0.25, -0.2) is 9.97 Å². The van der Waals surface area contributed by atoms with Gasteiger partial charge in [-0.2, -0.15) is 0 Å². The second-order valence-electron chi connectivity index (χ2n) is 4.31. The zero-order valence-electron chi connectivity index (χ0n) is 10.3. The van der Waals surface area contributed by atoms with Gasteiger partial charge in [0.25, 0.3) is 0 Å². The molecule has 0 saturated heterocycles. The molecule has 0 fully saturated rings. The van der Waals surface area contributed by atoms with Crippen LogP contribution in [0.15, 0.2) is 24.7 Å². The highest BCUT2D eigenvalue weighted by Gasteiger charge is 2.07. The molecule has 0 bridgehead atoms. The van der Waals surface area contributed by atoms with Gasteiger partial charge in [-0.1, -0.05) is 11.6 Å². The van der Waals surface area contributed by atoms with Crippen LogP contribution in [-0.2, 0) is 20.0 Å². The predicted octanol–water partition coefficient (Wildman–Crippen LogP) is 2.72. The second kappa shape index (κ2) is 4.79. The molecule has 3 heterocycles. The van der Waals surface area contributed by atoms with Crippen LogP contribution in [0, 0.1) is 4.77 Å². The summed E-state index contributed by atoms with van der Waals surface area (Å²) in [4.78, 5) is 11.7. The number of imidazole rings is 2. The Bertz CT molecular complexity index is 785. The minimum atomic E-state index is 0.597. The molecule has 7 heteroatoms. The van der Waals surface area contributed by atoms with E-state index >= 15 is 0 Å². The van der Waals surface area contributed by atoms with Gasteiger partial charge in [0.1, 0.15) is 5.82 Å². The van der Waals surface area contributed by atoms with Crippen molar-refractivity contribution in [3.63, 3.8) is 0 Å². The predicted molar refractivity (Wildman–Crippen MR) is 76.8 cm³/mol. The van der Waals surface area contributed by atoms with Gasteiger partial charge >= 0.3 is 0 Å². The van der Waals surface area contributed by atoms with E-state index < -0.39 is 0 Å². The number of rotatable bonds is 3. The zero-order valence-corrected chi connectivity index (χ0v) is 11.9. The molecule has 0 aromatic carbocycles. The molecular weight excluding hydrogens is 282 g/mol. The Hall–Kier alpha value is -1.66. The van der Waals surface area contributed by atoms with E-state index in [9.17, 15) is 0 Å². The Labute approximate surface area is 119 Å². The van der Waals surface area contributed by atoms with Crippen molar-refractivity contribution in [2.24, 2.45) is 7.05 Å². The number of aromatic nitrogens is 5. The summed E-state index contributed by atoms with van der Waals surface area (Å²) in [6.45, 7) is 0.734. The number of aryl methyl sites for hydroxylation is 3. The fourth-order valence-corrected chi connectivity index (χ4v) is 2.52. The van der Waals surface area contributed by atoms with E-state index in [0.29, 0.717) is 9.79 Å². The molecule has 0 radical (unpaired) electrons. The van der Waals surface area contributed by atoms with E-state index in [4.69, 9.17) is 23.8 Å². The van der Waals surface area contributed by atoms with E-state index in [-0.39, 0.29) is 0 Å². The Morgan fingerprint density at radius 2 is 2.26 bits per heavy atom. The lowest BCUT2D eigenvalue weighted by molar-refractivity contribution is 0.654. The van der Waals surface area contributed by atoms with Gasteiger partial charge < -0.3 is 14.1 Å². The maximum atomic E-state index is 5.92. The Morgan fingerprint density at radius 1 is 1.42 bits per heavy atom. The number of hydrogen-bond acceptors (Lipinski definition) is 3. The summed E-state index contributed by atoms with van der Waals surface area (Å²) in [6, 6.07) is 1.83. The van der Waals surface area contributed by atoms with Crippen LogP contribution in [-0.4, -0.2) is 24.1 Å². The SMILES string of the molecule is Cn1ccnc1CCn1c(=S)[nH]c2cc(Cl)cnc21. The highest BCUT2D eigenvalue weighted by molar-refractivity contribution is 7.71. The molecule has 0 unspecified atom stereocenters. The number of nitrogens with zero attached hydrogens (tertiary/aromatic N) is 4. The molecular formula is C12H12ClN5S.